The summed E-state index contributed by atoms with van der Waals surface area (Å²) in [5.74, 6) is 3.10. The molecule has 19 heavy (non-hydrogen) atoms. The van der Waals surface area contributed by atoms with Crippen LogP contribution >= 0.6 is 11.8 Å². The van der Waals surface area contributed by atoms with Crippen molar-refractivity contribution in [2.45, 2.75) is 52.0 Å². The van der Waals surface area contributed by atoms with Gasteiger partial charge in [0.05, 0.1) is 0 Å². The Labute approximate surface area is 125 Å². The fourth-order valence-corrected chi connectivity index (χ4v) is 4.00. The molecule has 0 aromatic rings. The first-order valence-corrected chi connectivity index (χ1v) is 9.51. The summed E-state index contributed by atoms with van der Waals surface area (Å²) >= 11 is 1.95. The lowest BCUT2D eigenvalue weighted by atomic mass is 9.76. The largest absolute Gasteiger partial charge is 0.314 e. The van der Waals surface area contributed by atoms with Gasteiger partial charge in [-0.25, -0.2) is 0 Å². The molecule has 1 N–H and O–H groups in total. The van der Waals surface area contributed by atoms with Crippen molar-refractivity contribution in [3.8, 4) is 0 Å². The van der Waals surface area contributed by atoms with Gasteiger partial charge >= 0.3 is 0 Å². The Morgan fingerprint density at radius 1 is 1.26 bits per heavy atom. The van der Waals surface area contributed by atoms with Crippen molar-refractivity contribution in [3.05, 3.63) is 0 Å². The van der Waals surface area contributed by atoms with Crippen molar-refractivity contribution >= 4 is 11.8 Å². The zero-order valence-corrected chi connectivity index (χ0v) is 14.3. The molecule has 2 nitrogen and oxygen atoms in total. The third-order valence-electron chi connectivity index (χ3n) is 4.48. The summed E-state index contributed by atoms with van der Waals surface area (Å²) in [6, 6.07) is 0.759. The van der Waals surface area contributed by atoms with Crippen LogP contribution < -0.4 is 5.32 Å². The molecule has 1 aliphatic rings. The highest BCUT2D eigenvalue weighted by Crippen LogP contribution is 2.32. The van der Waals surface area contributed by atoms with Gasteiger partial charge in [0.15, 0.2) is 0 Å². The van der Waals surface area contributed by atoms with Gasteiger partial charge in [0, 0.05) is 24.9 Å². The fourth-order valence-electron chi connectivity index (χ4n) is 3.50. The van der Waals surface area contributed by atoms with Crippen LogP contribution in [0, 0.1) is 11.8 Å². The third kappa shape index (κ3) is 6.50. The van der Waals surface area contributed by atoms with Gasteiger partial charge in [-0.1, -0.05) is 26.7 Å². The molecule has 0 bridgehead atoms. The van der Waals surface area contributed by atoms with E-state index in [-0.39, 0.29) is 0 Å². The summed E-state index contributed by atoms with van der Waals surface area (Å²) in [6.45, 7) is 8.20. The SMILES string of the molecule is CCCC1CCC(NCC)C(CN(C)CCSC)C1. The molecule has 3 atom stereocenters. The van der Waals surface area contributed by atoms with E-state index in [4.69, 9.17) is 0 Å². The Bertz CT molecular complexity index is 223. The van der Waals surface area contributed by atoms with Gasteiger partial charge in [-0.3, -0.25) is 0 Å². The van der Waals surface area contributed by atoms with E-state index in [0.717, 1.165) is 24.4 Å². The monoisotopic (exact) mass is 286 g/mol. The lowest BCUT2D eigenvalue weighted by Crippen LogP contribution is -2.45. The number of rotatable bonds is 9. The second-order valence-corrected chi connectivity index (χ2v) is 7.13. The van der Waals surface area contributed by atoms with E-state index in [1.54, 1.807) is 0 Å². The highest BCUT2D eigenvalue weighted by Gasteiger charge is 2.30. The summed E-state index contributed by atoms with van der Waals surface area (Å²) in [5.41, 5.74) is 0. The molecule has 0 heterocycles. The summed E-state index contributed by atoms with van der Waals surface area (Å²) in [7, 11) is 2.29. The normalized spacial score (nSPS) is 27.9. The van der Waals surface area contributed by atoms with Crippen LogP contribution in [-0.2, 0) is 0 Å². The molecule has 1 fully saturated rings. The zero-order valence-electron chi connectivity index (χ0n) is 13.5. The van der Waals surface area contributed by atoms with Crippen molar-refractivity contribution in [1.29, 1.82) is 0 Å². The van der Waals surface area contributed by atoms with E-state index in [1.165, 1.54) is 50.9 Å². The van der Waals surface area contributed by atoms with Crippen LogP contribution in [0.25, 0.3) is 0 Å². The van der Waals surface area contributed by atoms with Crippen molar-refractivity contribution in [3.63, 3.8) is 0 Å². The van der Waals surface area contributed by atoms with Crippen molar-refractivity contribution in [1.82, 2.24) is 10.2 Å². The fraction of sp³-hybridized carbons (Fsp3) is 1.00. The summed E-state index contributed by atoms with van der Waals surface area (Å²) < 4.78 is 0. The van der Waals surface area contributed by atoms with E-state index in [2.05, 4.69) is 37.4 Å². The second-order valence-electron chi connectivity index (χ2n) is 6.15. The predicted octanol–water partition coefficient (Wildman–Crippen LogP) is 3.48. The molecule has 1 rings (SSSR count). The second kappa shape index (κ2) is 10.1. The molecule has 3 heteroatoms. The first kappa shape index (κ1) is 17.3. The Balaban J connectivity index is 2.45. The highest BCUT2D eigenvalue weighted by atomic mass is 32.2. The van der Waals surface area contributed by atoms with Gasteiger partial charge in [0.1, 0.15) is 0 Å². The maximum absolute atomic E-state index is 3.73. The molecule has 0 aromatic carbocycles. The van der Waals surface area contributed by atoms with Crippen LogP contribution in [0.2, 0.25) is 0 Å². The maximum atomic E-state index is 3.73. The standard InChI is InChI=1S/C16H34N2S/c1-5-7-14-8-9-16(17-6-2)15(12-14)13-18(3)10-11-19-4/h14-17H,5-13H2,1-4H3. The van der Waals surface area contributed by atoms with Crippen LogP contribution in [0.1, 0.15) is 46.0 Å². The van der Waals surface area contributed by atoms with Crippen molar-refractivity contribution < 1.29 is 0 Å². The minimum atomic E-state index is 0.759. The first-order valence-electron chi connectivity index (χ1n) is 8.12. The number of nitrogens with one attached hydrogen (secondary N) is 1. The topological polar surface area (TPSA) is 15.3 Å². The van der Waals surface area contributed by atoms with Crippen LogP contribution in [0.3, 0.4) is 0 Å². The van der Waals surface area contributed by atoms with Crippen LogP contribution in [0.4, 0.5) is 0 Å². The molecule has 0 spiro atoms. The number of nitrogens with zero attached hydrogens (tertiary/aromatic N) is 1. The number of hydrogen-bond donors (Lipinski definition) is 1. The number of thioether (sulfide) groups is 1. The quantitative estimate of drug-likeness (QED) is 0.698. The number of hydrogen-bond acceptors (Lipinski definition) is 3. The highest BCUT2D eigenvalue weighted by molar-refractivity contribution is 7.98. The van der Waals surface area contributed by atoms with Crippen LogP contribution in [0.5, 0.6) is 0 Å². The summed E-state index contributed by atoms with van der Waals surface area (Å²) in [6.07, 6.45) is 9.26. The van der Waals surface area contributed by atoms with Crippen LogP contribution in [-0.4, -0.2) is 49.6 Å². The molecular weight excluding hydrogens is 252 g/mol. The molecule has 0 radical (unpaired) electrons. The van der Waals surface area contributed by atoms with E-state index in [0.29, 0.717) is 0 Å². The molecule has 1 saturated carbocycles. The van der Waals surface area contributed by atoms with Gasteiger partial charge in [-0.2, -0.15) is 11.8 Å². The molecule has 0 amide bonds. The van der Waals surface area contributed by atoms with Gasteiger partial charge < -0.3 is 10.2 Å². The maximum Gasteiger partial charge on any atom is 0.0108 e. The van der Waals surface area contributed by atoms with E-state index in [9.17, 15) is 0 Å². The van der Waals surface area contributed by atoms with E-state index < -0.39 is 0 Å². The van der Waals surface area contributed by atoms with Gasteiger partial charge in [0.25, 0.3) is 0 Å². The lowest BCUT2D eigenvalue weighted by Gasteiger charge is -2.38. The smallest absolute Gasteiger partial charge is 0.0108 e. The van der Waals surface area contributed by atoms with Crippen molar-refractivity contribution in [2.75, 3.05) is 38.7 Å². The minimum Gasteiger partial charge on any atom is -0.314 e. The average Bonchev–Trinajstić information content (AvgIpc) is 2.40. The van der Waals surface area contributed by atoms with Gasteiger partial charge in [0.2, 0.25) is 0 Å². The Morgan fingerprint density at radius 3 is 2.68 bits per heavy atom. The Hall–Kier alpha value is 0.270. The van der Waals surface area contributed by atoms with Crippen molar-refractivity contribution in [2.24, 2.45) is 11.8 Å². The lowest BCUT2D eigenvalue weighted by molar-refractivity contribution is 0.153. The Morgan fingerprint density at radius 2 is 2.05 bits per heavy atom. The molecular formula is C16H34N2S. The van der Waals surface area contributed by atoms with Crippen LogP contribution in [0.15, 0.2) is 0 Å². The van der Waals surface area contributed by atoms with Gasteiger partial charge in [-0.15, -0.1) is 0 Å². The average molecular weight is 287 g/mol. The zero-order chi connectivity index (χ0) is 14.1. The van der Waals surface area contributed by atoms with Gasteiger partial charge in [-0.05, 0) is 50.9 Å². The molecule has 0 aliphatic heterocycles. The Kier molecular flexibility index (Phi) is 9.17. The third-order valence-corrected chi connectivity index (χ3v) is 5.07. The summed E-state index contributed by atoms with van der Waals surface area (Å²) in [4.78, 5) is 2.54. The first-order chi connectivity index (χ1) is 9.21. The minimum absolute atomic E-state index is 0.759. The molecule has 0 aromatic heterocycles. The molecule has 3 unspecified atom stereocenters. The predicted molar refractivity (Wildman–Crippen MR) is 89.1 cm³/mol. The summed E-state index contributed by atoms with van der Waals surface area (Å²) in [5, 5.41) is 3.73. The molecule has 1 aliphatic carbocycles. The van der Waals surface area contributed by atoms with E-state index >= 15 is 0 Å². The van der Waals surface area contributed by atoms with E-state index in [1.807, 2.05) is 11.8 Å². The molecule has 114 valence electrons. The molecule has 0 saturated heterocycles.